The van der Waals surface area contributed by atoms with Gasteiger partial charge in [0.1, 0.15) is 0 Å². The van der Waals surface area contributed by atoms with E-state index in [-0.39, 0.29) is 0 Å². The third kappa shape index (κ3) is 3.39. The Labute approximate surface area is 137 Å². The van der Waals surface area contributed by atoms with Crippen molar-refractivity contribution in [1.29, 1.82) is 0 Å². The van der Waals surface area contributed by atoms with Crippen LogP contribution in [0.5, 0.6) is 0 Å². The van der Waals surface area contributed by atoms with Gasteiger partial charge in [0.05, 0.1) is 11.0 Å². The number of para-hydroxylation sites is 2. The molecule has 1 unspecified atom stereocenters. The van der Waals surface area contributed by atoms with Gasteiger partial charge in [0, 0.05) is 25.7 Å². The van der Waals surface area contributed by atoms with Gasteiger partial charge >= 0.3 is 0 Å². The molecule has 2 aliphatic rings. The fourth-order valence-corrected chi connectivity index (χ4v) is 3.27. The van der Waals surface area contributed by atoms with Crippen LogP contribution < -0.4 is 15.5 Å². The number of piperidine rings is 1. The molecule has 2 N–H and O–H groups in total. The molecule has 4 rings (SSSR count). The van der Waals surface area contributed by atoms with Crippen molar-refractivity contribution in [2.24, 2.45) is 0 Å². The number of anilines is 2. The van der Waals surface area contributed by atoms with Crippen molar-refractivity contribution >= 4 is 22.7 Å². The van der Waals surface area contributed by atoms with Gasteiger partial charge in [-0.1, -0.05) is 18.6 Å². The fourth-order valence-electron chi connectivity index (χ4n) is 3.27. The number of nitrogens with zero attached hydrogens (tertiary/aromatic N) is 3. The van der Waals surface area contributed by atoms with Crippen molar-refractivity contribution in [2.45, 2.75) is 44.2 Å². The zero-order valence-electron chi connectivity index (χ0n) is 13.8. The van der Waals surface area contributed by atoms with Crippen LogP contribution in [0.1, 0.15) is 32.1 Å². The molecule has 0 spiro atoms. The molecule has 23 heavy (non-hydrogen) atoms. The number of aromatic nitrogens is 2. The van der Waals surface area contributed by atoms with E-state index in [1.807, 2.05) is 24.3 Å². The average Bonchev–Trinajstić information content (AvgIpc) is 3.39. The summed E-state index contributed by atoms with van der Waals surface area (Å²) in [6.07, 6.45) is 6.34. The highest BCUT2D eigenvalue weighted by Gasteiger charge is 2.25. The van der Waals surface area contributed by atoms with Crippen LogP contribution in [0, 0.1) is 0 Å². The number of hydrogen-bond donors (Lipinski definition) is 2. The number of hydrogen-bond acceptors (Lipinski definition) is 5. The Morgan fingerprint density at radius 1 is 1.13 bits per heavy atom. The summed E-state index contributed by atoms with van der Waals surface area (Å²) in [6.45, 7) is 2.11. The van der Waals surface area contributed by atoms with Gasteiger partial charge in [-0.15, -0.1) is 0 Å². The monoisotopic (exact) mass is 311 g/mol. The summed E-state index contributed by atoms with van der Waals surface area (Å²) < 4.78 is 0. The number of fused-ring (bicyclic) bond motifs is 1. The van der Waals surface area contributed by atoms with Crippen LogP contribution >= 0.6 is 0 Å². The molecule has 5 heteroatoms. The first kappa shape index (κ1) is 14.7. The quantitative estimate of drug-likeness (QED) is 0.889. The predicted octanol–water partition coefficient (Wildman–Crippen LogP) is 2.78. The second kappa shape index (κ2) is 6.32. The maximum absolute atomic E-state index is 4.89. The fraction of sp³-hybridized carbons (Fsp3) is 0.556. The van der Waals surface area contributed by atoms with E-state index in [0.717, 1.165) is 35.8 Å². The summed E-state index contributed by atoms with van der Waals surface area (Å²) in [5.74, 6) is 1.91. The minimum atomic E-state index is 0.552. The Hall–Kier alpha value is -1.88. The van der Waals surface area contributed by atoms with E-state index in [1.165, 1.54) is 32.1 Å². The maximum Gasteiger partial charge on any atom is 0.172 e. The van der Waals surface area contributed by atoms with Gasteiger partial charge in [-0.3, -0.25) is 0 Å². The summed E-state index contributed by atoms with van der Waals surface area (Å²) in [4.78, 5) is 12.0. The third-order valence-electron chi connectivity index (χ3n) is 4.74. The SMILES string of the molecule is CN(CC1CCCCN1)c1nc2ccccc2nc1NC1CC1. The first-order valence-corrected chi connectivity index (χ1v) is 8.77. The molecule has 1 saturated heterocycles. The van der Waals surface area contributed by atoms with E-state index < -0.39 is 0 Å². The molecule has 1 atom stereocenters. The first-order valence-electron chi connectivity index (χ1n) is 8.77. The molecule has 122 valence electrons. The first-order chi connectivity index (χ1) is 11.3. The zero-order valence-corrected chi connectivity index (χ0v) is 13.8. The highest BCUT2D eigenvalue weighted by atomic mass is 15.2. The van der Waals surface area contributed by atoms with Crippen LogP contribution in [0.3, 0.4) is 0 Å². The number of benzene rings is 1. The van der Waals surface area contributed by atoms with Gasteiger partial charge < -0.3 is 15.5 Å². The molecular formula is C18H25N5. The number of rotatable bonds is 5. The summed E-state index contributed by atoms with van der Waals surface area (Å²) in [7, 11) is 2.13. The van der Waals surface area contributed by atoms with Gasteiger partial charge in [0.25, 0.3) is 0 Å². The van der Waals surface area contributed by atoms with E-state index in [2.05, 4.69) is 22.6 Å². The molecule has 2 aromatic rings. The Balaban J connectivity index is 1.62. The third-order valence-corrected chi connectivity index (χ3v) is 4.74. The number of likely N-dealkylation sites (N-methyl/N-ethyl adjacent to an activating group) is 1. The van der Waals surface area contributed by atoms with Crippen LogP contribution in [0.25, 0.3) is 11.0 Å². The molecule has 0 radical (unpaired) electrons. The largest absolute Gasteiger partial charge is 0.364 e. The average molecular weight is 311 g/mol. The molecule has 2 fully saturated rings. The van der Waals surface area contributed by atoms with Crippen molar-refractivity contribution < 1.29 is 0 Å². The normalized spacial score (nSPS) is 21.3. The maximum atomic E-state index is 4.89. The van der Waals surface area contributed by atoms with Gasteiger partial charge in [-0.25, -0.2) is 9.97 Å². The molecule has 1 saturated carbocycles. The summed E-state index contributed by atoms with van der Waals surface area (Å²) >= 11 is 0. The lowest BCUT2D eigenvalue weighted by Crippen LogP contribution is -2.42. The summed E-state index contributed by atoms with van der Waals surface area (Å²) in [6, 6.07) is 9.25. The second-order valence-electron chi connectivity index (χ2n) is 6.83. The van der Waals surface area contributed by atoms with Crippen molar-refractivity contribution in [2.75, 3.05) is 30.4 Å². The highest BCUT2D eigenvalue weighted by Crippen LogP contribution is 2.30. The predicted molar refractivity (Wildman–Crippen MR) is 95.1 cm³/mol. The Morgan fingerprint density at radius 2 is 1.91 bits per heavy atom. The van der Waals surface area contributed by atoms with Gasteiger partial charge in [0.15, 0.2) is 11.6 Å². The van der Waals surface area contributed by atoms with E-state index in [1.54, 1.807) is 0 Å². The molecule has 1 aliphatic heterocycles. The van der Waals surface area contributed by atoms with Crippen molar-refractivity contribution in [3.8, 4) is 0 Å². The summed E-state index contributed by atoms with van der Waals surface area (Å²) in [5.41, 5.74) is 1.93. The standard InChI is InChI=1S/C18H25N5/c1-23(12-14-6-4-5-11-19-14)18-17(20-13-9-10-13)21-15-7-2-3-8-16(15)22-18/h2-3,7-8,13-14,19H,4-6,9-12H2,1H3,(H,20,21). The molecule has 2 heterocycles. The van der Waals surface area contributed by atoms with Crippen LogP contribution in [0.4, 0.5) is 11.6 Å². The van der Waals surface area contributed by atoms with Gasteiger partial charge in [-0.05, 0) is 44.4 Å². The lowest BCUT2D eigenvalue weighted by molar-refractivity contribution is 0.403. The van der Waals surface area contributed by atoms with E-state index >= 15 is 0 Å². The molecular weight excluding hydrogens is 286 g/mol. The molecule has 0 amide bonds. The Bertz CT molecular complexity index is 676. The van der Waals surface area contributed by atoms with Crippen molar-refractivity contribution in [3.63, 3.8) is 0 Å². The molecule has 1 aliphatic carbocycles. The second-order valence-corrected chi connectivity index (χ2v) is 6.83. The zero-order chi connectivity index (χ0) is 15.6. The molecule has 0 bridgehead atoms. The summed E-state index contributed by atoms with van der Waals surface area (Å²) in [5, 5.41) is 7.18. The van der Waals surface area contributed by atoms with Crippen LogP contribution in [-0.4, -0.2) is 42.2 Å². The van der Waals surface area contributed by atoms with Crippen LogP contribution in [-0.2, 0) is 0 Å². The Morgan fingerprint density at radius 3 is 2.61 bits per heavy atom. The lowest BCUT2D eigenvalue weighted by atomic mass is 10.0. The minimum absolute atomic E-state index is 0.552. The highest BCUT2D eigenvalue weighted by molar-refractivity contribution is 5.80. The molecule has 5 nitrogen and oxygen atoms in total. The Kier molecular flexibility index (Phi) is 4.04. The smallest absolute Gasteiger partial charge is 0.172 e. The molecule has 1 aromatic heterocycles. The van der Waals surface area contributed by atoms with Crippen LogP contribution in [0.2, 0.25) is 0 Å². The van der Waals surface area contributed by atoms with Gasteiger partial charge in [0.2, 0.25) is 0 Å². The topological polar surface area (TPSA) is 53.1 Å². The minimum Gasteiger partial charge on any atom is -0.364 e. The molecule has 1 aromatic carbocycles. The number of nitrogens with one attached hydrogen (secondary N) is 2. The van der Waals surface area contributed by atoms with Crippen LogP contribution in [0.15, 0.2) is 24.3 Å². The van der Waals surface area contributed by atoms with E-state index in [0.29, 0.717) is 12.1 Å². The van der Waals surface area contributed by atoms with Crippen molar-refractivity contribution in [1.82, 2.24) is 15.3 Å². The van der Waals surface area contributed by atoms with Gasteiger partial charge in [-0.2, -0.15) is 0 Å². The van der Waals surface area contributed by atoms with Crippen molar-refractivity contribution in [3.05, 3.63) is 24.3 Å². The lowest BCUT2D eigenvalue weighted by Gasteiger charge is -2.29. The van der Waals surface area contributed by atoms with E-state index in [4.69, 9.17) is 9.97 Å². The van der Waals surface area contributed by atoms with E-state index in [9.17, 15) is 0 Å².